The zero-order valence-electron chi connectivity index (χ0n) is 7.13. The van der Waals surface area contributed by atoms with Crippen molar-refractivity contribution in [1.82, 2.24) is 0 Å². The number of aldehydes is 1. The first-order valence-corrected chi connectivity index (χ1v) is 4.31. The third-order valence-corrected chi connectivity index (χ3v) is 3.65. The first-order chi connectivity index (χ1) is 5.16. The molecule has 0 aliphatic heterocycles. The van der Waals surface area contributed by atoms with E-state index in [4.69, 9.17) is 0 Å². The molecule has 2 bridgehead atoms. The number of carbonyl (C=O) groups excluding carboxylic acids is 1. The normalized spacial score (nSPS) is 38.9. The Bertz CT molecular complexity index is 225. The number of fused-ring (bicyclic) bond motifs is 1. The van der Waals surface area contributed by atoms with Crippen LogP contribution in [0.15, 0.2) is 11.6 Å². The van der Waals surface area contributed by atoms with E-state index in [0.29, 0.717) is 11.3 Å². The summed E-state index contributed by atoms with van der Waals surface area (Å²) in [5.74, 6) is 1.41. The summed E-state index contributed by atoms with van der Waals surface area (Å²) >= 11 is 0. The Morgan fingerprint density at radius 3 is 2.73 bits per heavy atom. The summed E-state index contributed by atoms with van der Waals surface area (Å²) in [5, 5.41) is 0. The van der Waals surface area contributed by atoms with Crippen molar-refractivity contribution in [3.05, 3.63) is 11.6 Å². The summed E-state index contributed by atoms with van der Waals surface area (Å²) in [6.45, 7) is 4.56. The van der Waals surface area contributed by atoms with Crippen LogP contribution in [0.4, 0.5) is 0 Å². The van der Waals surface area contributed by atoms with Crippen molar-refractivity contribution in [2.75, 3.05) is 0 Å². The van der Waals surface area contributed by atoms with Crippen molar-refractivity contribution in [2.24, 2.45) is 17.3 Å². The standard InChI is InChI=1S/C10H14O/c1-10(2)8-4-3-7(6-11)9(10)5-8/h3,6,8-9H,4-5H2,1-2H3/t8-,9-/m1/s1. The summed E-state index contributed by atoms with van der Waals surface area (Å²) in [4.78, 5) is 10.6. The van der Waals surface area contributed by atoms with Crippen molar-refractivity contribution in [2.45, 2.75) is 26.7 Å². The van der Waals surface area contributed by atoms with Crippen molar-refractivity contribution in [3.8, 4) is 0 Å². The summed E-state index contributed by atoms with van der Waals surface area (Å²) in [6, 6.07) is 0. The first kappa shape index (κ1) is 7.08. The molecule has 0 aromatic heterocycles. The van der Waals surface area contributed by atoms with Gasteiger partial charge in [0.15, 0.2) is 0 Å². The summed E-state index contributed by atoms with van der Waals surface area (Å²) in [7, 11) is 0. The van der Waals surface area contributed by atoms with Crippen molar-refractivity contribution in [1.29, 1.82) is 0 Å². The summed E-state index contributed by atoms with van der Waals surface area (Å²) < 4.78 is 0. The lowest BCUT2D eigenvalue weighted by atomic mass is 9.49. The van der Waals surface area contributed by atoms with Crippen molar-refractivity contribution in [3.63, 3.8) is 0 Å². The fourth-order valence-corrected chi connectivity index (χ4v) is 2.53. The number of hydrogen-bond acceptors (Lipinski definition) is 1. The number of carbonyl (C=O) groups is 1. The van der Waals surface area contributed by atoms with E-state index >= 15 is 0 Å². The molecule has 0 amide bonds. The summed E-state index contributed by atoms with van der Waals surface area (Å²) in [5.41, 5.74) is 1.46. The van der Waals surface area contributed by atoms with E-state index < -0.39 is 0 Å². The number of allylic oxidation sites excluding steroid dienone is 2. The average molecular weight is 150 g/mol. The molecule has 1 fully saturated rings. The maximum atomic E-state index is 10.6. The largest absolute Gasteiger partial charge is 0.298 e. The fraction of sp³-hybridized carbons (Fsp3) is 0.700. The van der Waals surface area contributed by atoms with Gasteiger partial charge < -0.3 is 0 Å². The molecule has 2 atom stereocenters. The van der Waals surface area contributed by atoms with Crippen molar-refractivity contribution >= 4 is 6.29 Å². The molecule has 3 aliphatic carbocycles. The second kappa shape index (κ2) is 1.96. The first-order valence-electron chi connectivity index (χ1n) is 4.31. The zero-order chi connectivity index (χ0) is 8.06. The second-order valence-electron chi connectivity index (χ2n) is 4.36. The van der Waals surface area contributed by atoms with Gasteiger partial charge in [-0.05, 0) is 35.7 Å². The van der Waals surface area contributed by atoms with Gasteiger partial charge in [-0.2, -0.15) is 0 Å². The van der Waals surface area contributed by atoms with Crippen LogP contribution in [0.5, 0.6) is 0 Å². The van der Waals surface area contributed by atoms with Crippen LogP contribution in [0.1, 0.15) is 26.7 Å². The molecule has 3 aliphatic rings. The molecule has 1 nitrogen and oxygen atoms in total. The topological polar surface area (TPSA) is 17.1 Å². The molecule has 0 unspecified atom stereocenters. The minimum Gasteiger partial charge on any atom is -0.298 e. The van der Waals surface area contributed by atoms with Gasteiger partial charge in [-0.15, -0.1) is 0 Å². The molecule has 0 spiro atoms. The van der Waals surface area contributed by atoms with Gasteiger partial charge in [0.1, 0.15) is 6.29 Å². The molecular formula is C10H14O. The third kappa shape index (κ3) is 0.741. The second-order valence-corrected chi connectivity index (χ2v) is 4.36. The van der Waals surface area contributed by atoms with Crippen LogP contribution in [-0.2, 0) is 4.79 Å². The average Bonchev–Trinajstić information content (AvgIpc) is 2.04. The van der Waals surface area contributed by atoms with Gasteiger partial charge in [-0.3, -0.25) is 4.79 Å². The predicted octanol–water partition coefficient (Wildman–Crippen LogP) is 2.18. The van der Waals surface area contributed by atoms with Crippen LogP contribution in [0.25, 0.3) is 0 Å². The highest BCUT2D eigenvalue weighted by Gasteiger charge is 2.50. The molecule has 0 saturated heterocycles. The molecule has 0 N–H and O–H groups in total. The highest BCUT2D eigenvalue weighted by Crippen LogP contribution is 2.58. The van der Waals surface area contributed by atoms with Gasteiger partial charge in [0.2, 0.25) is 0 Å². The van der Waals surface area contributed by atoms with E-state index in [-0.39, 0.29) is 0 Å². The van der Waals surface area contributed by atoms with E-state index in [1.807, 2.05) is 0 Å². The van der Waals surface area contributed by atoms with E-state index in [1.165, 1.54) is 6.42 Å². The lowest BCUT2D eigenvalue weighted by Crippen LogP contribution is -2.48. The van der Waals surface area contributed by atoms with E-state index in [1.54, 1.807) is 0 Å². The molecule has 1 saturated carbocycles. The Morgan fingerprint density at radius 2 is 2.36 bits per heavy atom. The Labute approximate surface area is 67.5 Å². The van der Waals surface area contributed by atoms with Crippen LogP contribution in [0, 0.1) is 17.3 Å². The Balaban J connectivity index is 2.30. The van der Waals surface area contributed by atoms with Gasteiger partial charge in [0, 0.05) is 0 Å². The quantitative estimate of drug-likeness (QED) is 0.523. The zero-order valence-corrected chi connectivity index (χ0v) is 7.13. The molecule has 0 heterocycles. The third-order valence-electron chi connectivity index (χ3n) is 3.65. The number of rotatable bonds is 1. The maximum Gasteiger partial charge on any atom is 0.146 e. The van der Waals surface area contributed by atoms with Gasteiger partial charge in [0.05, 0.1) is 0 Å². The highest BCUT2D eigenvalue weighted by atomic mass is 16.1. The summed E-state index contributed by atoms with van der Waals surface area (Å²) in [6.07, 6.45) is 5.54. The molecule has 11 heavy (non-hydrogen) atoms. The monoisotopic (exact) mass is 150 g/mol. The SMILES string of the molecule is CC1(C)[C@@H]2CC=C(C=O)[C@H]1C2. The smallest absolute Gasteiger partial charge is 0.146 e. The van der Waals surface area contributed by atoms with E-state index in [2.05, 4.69) is 19.9 Å². The van der Waals surface area contributed by atoms with Crippen LogP contribution in [0.2, 0.25) is 0 Å². The van der Waals surface area contributed by atoms with Crippen LogP contribution in [-0.4, -0.2) is 6.29 Å². The van der Waals surface area contributed by atoms with Crippen LogP contribution in [0.3, 0.4) is 0 Å². The van der Waals surface area contributed by atoms with Gasteiger partial charge in [-0.1, -0.05) is 19.9 Å². The van der Waals surface area contributed by atoms with Gasteiger partial charge >= 0.3 is 0 Å². The van der Waals surface area contributed by atoms with Gasteiger partial charge in [-0.25, -0.2) is 0 Å². The minimum absolute atomic E-state index is 0.408. The van der Waals surface area contributed by atoms with E-state index in [0.717, 1.165) is 24.2 Å². The molecule has 0 aromatic carbocycles. The van der Waals surface area contributed by atoms with Crippen LogP contribution < -0.4 is 0 Å². The maximum absolute atomic E-state index is 10.6. The lowest BCUT2D eigenvalue weighted by Gasteiger charge is -2.55. The molecule has 60 valence electrons. The number of hydrogen-bond donors (Lipinski definition) is 0. The predicted molar refractivity (Wildman–Crippen MR) is 44.1 cm³/mol. The molecule has 3 rings (SSSR count). The van der Waals surface area contributed by atoms with Gasteiger partial charge in [0.25, 0.3) is 0 Å². The Morgan fingerprint density at radius 1 is 1.64 bits per heavy atom. The molecule has 0 aromatic rings. The minimum atomic E-state index is 0.408. The van der Waals surface area contributed by atoms with Crippen molar-refractivity contribution < 1.29 is 4.79 Å². The van der Waals surface area contributed by atoms with Crippen LogP contribution >= 0.6 is 0 Å². The van der Waals surface area contributed by atoms with E-state index in [9.17, 15) is 4.79 Å². The fourth-order valence-electron chi connectivity index (χ4n) is 2.53. The Kier molecular flexibility index (Phi) is 1.26. The molecular weight excluding hydrogens is 136 g/mol. The molecule has 1 heteroatoms. The lowest BCUT2D eigenvalue weighted by molar-refractivity contribution is -0.108. The molecule has 0 radical (unpaired) electrons. The Hall–Kier alpha value is -0.590. The highest BCUT2D eigenvalue weighted by molar-refractivity contribution is 5.75.